The Morgan fingerprint density at radius 3 is 2.55 bits per heavy atom. The van der Waals surface area contributed by atoms with Crippen molar-refractivity contribution in [1.29, 1.82) is 0 Å². The van der Waals surface area contributed by atoms with E-state index in [1.807, 2.05) is 43.6 Å². The van der Waals surface area contributed by atoms with E-state index < -0.39 is 6.04 Å². The summed E-state index contributed by atoms with van der Waals surface area (Å²) in [6.07, 6.45) is 2.88. The maximum atomic E-state index is 12.7. The predicted molar refractivity (Wildman–Crippen MR) is 130 cm³/mol. The van der Waals surface area contributed by atoms with Crippen LogP contribution in [0.3, 0.4) is 0 Å². The van der Waals surface area contributed by atoms with E-state index in [2.05, 4.69) is 29.3 Å². The zero-order chi connectivity index (χ0) is 23.8. The minimum absolute atomic E-state index is 0.104. The smallest absolute Gasteiger partial charge is 0.243 e. The molecule has 1 atom stereocenters. The molecular weight excluding hydrogens is 436 g/mol. The second kappa shape index (κ2) is 11.7. The van der Waals surface area contributed by atoms with Crippen LogP contribution in [0.25, 0.3) is 10.4 Å². The van der Waals surface area contributed by atoms with E-state index in [0.717, 1.165) is 33.8 Å². The molecule has 2 aromatic heterocycles. The minimum atomic E-state index is -0.430. The highest BCUT2D eigenvalue weighted by Gasteiger charge is 2.34. The lowest BCUT2D eigenvalue weighted by molar-refractivity contribution is -0.138. The average Bonchev–Trinajstić information content (AvgIpc) is 3.54. The molecule has 0 bridgehead atoms. The molecule has 1 saturated heterocycles. The fourth-order valence-corrected chi connectivity index (χ4v) is 4.56. The number of aryl methyl sites for hydroxylation is 2. The van der Waals surface area contributed by atoms with Crippen LogP contribution in [0.2, 0.25) is 0 Å². The third-order valence-electron chi connectivity index (χ3n) is 5.31. The third kappa shape index (κ3) is 6.51. The molecule has 0 spiro atoms. The van der Waals surface area contributed by atoms with Crippen LogP contribution >= 0.6 is 11.3 Å². The molecule has 0 saturated carbocycles. The zero-order valence-electron chi connectivity index (χ0n) is 19.8. The normalized spacial score (nSPS) is 15.2. The van der Waals surface area contributed by atoms with Crippen molar-refractivity contribution in [2.24, 2.45) is 0 Å². The van der Waals surface area contributed by atoms with Crippen molar-refractivity contribution < 1.29 is 14.1 Å². The van der Waals surface area contributed by atoms with E-state index in [1.54, 1.807) is 22.3 Å². The summed E-state index contributed by atoms with van der Waals surface area (Å²) in [6, 6.07) is 9.44. The Morgan fingerprint density at radius 1 is 1.21 bits per heavy atom. The van der Waals surface area contributed by atoms with Gasteiger partial charge in [0.25, 0.3) is 0 Å². The van der Waals surface area contributed by atoms with Gasteiger partial charge in [0.1, 0.15) is 11.8 Å². The molecule has 1 aliphatic rings. The first-order valence-corrected chi connectivity index (χ1v) is 12.3. The highest BCUT2D eigenvalue weighted by Crippen LogP contribution is 2.27. The first kappa shape index (κ1) is 24.6. The summed E-state index contributed by atoms with van der Waals surface area (Å²) in [5, 5.41) is 6.79. The Morgan fingerprint density at radius 2 is 1.94 bits per heavy atom. The van der Waals surface area contributed by atoms with E-state index in [0.29, 0.717) is 25.3 Å². The molecule has 1 aromatic carbocycles. The van der Waals surface area contributed by atoms with Crippen LogP contribution in [0.1, 0.15) is 55.8 Å². The molecule has 1 aliphatic heterocycles. The largest absolute Gasteiger partial charge is 0.361 e. The Labute approximate surface area is 199 Å². The van der Waals surface area contributed by atoms with Crippen LogP contribution in [0, 0.1) is 13.8 Å². The van der Waals surface area contributed by atoms with Gasteiger partial charge in [-0.1, -0.05) is 49.7 Å². The zero-order valence-corrected chi connectivity index (χ0v) is 20.6. The van der Waals surface area contributed by atoms with Crippen molar-refractivity contribution in [3.8, 4) is 10.4 Å². The summed E-state index contributed by atoms with van der Waals surface area (Å²) in [5.41, 5.74) is 5.75. The van der Waals surface area contributed by atoms with Gasteiger partial charge in [0.15, 0.2) is 0 Å². The number of carbonyl (C=O) groups is 2. The van der Waals surface area contributed by atoms with Crippen LogP contribution in [-0.2, 0) is 22.6 Å². The maximum absolute atomic E-state index is 12.7. The molecule has 1 fully saturated rings. The van der Waals surface area contributed by atoms with Gasteiger partial charge in [0.2, 0.25) is 11.8 Å². The summed E-state index contributed by atoms with van der Waals surface area (Å²) < 4.78 is 5.14. The van der Waals surface area contributed by atoms with E-state index in [1.165, 1.54) is 6.42 Å². The first-order valence-electron chi connectivity index (χ1n) is 11.4. The molecule has 8 heteroatoms. The number of benzene rings is 1. The van der Waals surface area contributed by atoms with Gasteiger partial charge in [-0.3, -0.25) is 9.59 Å². The molecule has 3 aromatic rings. The number of nitrogens with one attached hydrogen (secondary N) is 1. The third-order valence-corrected chi connectivity index (χ3v) is 6.28. The molecule has 176 valence electrons. The Balaban J connectivity index is 0.000000968. The highest BCUT2D eigenvalue weighted by molar-refractivity contribution is 7.13. The number of hydrogen-bond acceptors (Lipinski definition) is 6. The van der Waals surface area contributed by atoms with Crippen LogP contribution in [-0.4, -0.2) is 39.4 Å². The highest BCUT2D eigenvalue weighted by atomic mass is 32.1. The van der Waals surface area contributed by atoms with Gasteiger partial charge in [0, 0.05) is 19.2 Å². The van der Waals surface area contributed by atoms with Gasteiger partial charge in [-0.2, -0.15) is 0 Å². The van der Waals surface area contributed by atoms with Crippen molar-refractivity contribution in [3.63, 3.8) is 0 Å². The van der Waals surface area contributed by atoms with Gasteiger partial charge in [-0.15, -0.1) is 11.3 Å². The predicted octanol–water partition coefficient (Wildman–Crippen LogP) is 4.68. The Hall–Kier alpha value is -3.00. The summed E-state index contributed by atoms with van der Waals surface area (Å²) in [5.74, 6) is 0.310. The van der Waals surface area contributed by atoms with Crippen LogP contribution in [0.15, 0.2) is 40.4 Å². The van der Waals surface area contributed by atoms with Gasteiger partial charge >= 0.3 is 0 Å². The van der Waals surface area contributed by atoms with Crippen LogP contribution < -0.4 is 5.32 Å². The van der Waals surface area contributed by atoms with Gasteiger partial charge in [-0.25, -0.2) is 4.98 Å². The van der Waals surface area contributed by atoms with Crippen molar-refractivity contribution in [2.75, 3.05) is 6.54 Å². The second-order valence-electron chi connectivity index (χ2n) is 8.25. The number of amides is 2. The fraction of sp³-hybridized carbons (Fsp3) is 0.440. The Bertz CT molecular complexity index is 1060. The van der Waals surface area contributed by atoms with Gasteiger partial charge in [0.05, 0.1) is 28.2 Å². The van der Waals surface area contributed by atoms with E-state index >= 15 is 0 Å². The van der Waals surface area contributed by atoms with E-state index in [-0.39, 0.29) is 18.2 Å². The lowest BCUT2D eigenvalue weighted by Gasteiger charge is -2.23. The summed E-state index contributed by atoms with van der Waals surface area (Å²) >= 11 is 1.62. The summed E-state index contributed by atoms with van der Waals surface area (Å²) in [7, 11) is 0. The number of aromatic nitrogens is 2. The van der Waals surface area contributed by atoms with E-state index in [4.69, 9.17) is 4.52 Å². The monoisotopic (exact) mass is 468 g/mol. The number of hydrogen-bond donors (Lipinski definition) is 1. The molecule has 1 N–H and O–H groups in total. The SMILES string of the molecule is CCC.Cc1cc(CC(=O)N2CCCC2C(=O)NCc2ccc(-c3scnc3C)cc2)on1. The number of thiazole rings is 1. The van der Waals surface area contributed by atoms with Crippen molar-refractivity contribution in [3.05, 3.63) is 58.6 Å². The Kier molecular flexibility index (Phi) is 8.77. The maximum Gasteiger partial charge on any atom is 0.243 e. The van der Waals surface area contributed by atoms with Crippen molar-refractivity contribution in [2.45, 2.75) is 66.0 Å². The lowest BCUT2D eigenvalue weighted by atomic mass is 10.1. The van der Waals surface area contributed by atoms with Crippen LogP contribution in [0.4, 0.5) is 0 Å². The van der Waals surface area contributed by atoms with Gasteiger partial charge < -0.3 is 14.7 Å². The van der Waals surface area contributed by atoms with Gasteiger partial charge in [-0.05, 0) is 37.8 Å². The number of likely N-dealkylation sites (tertiary alicyclic amines) is 1. The minimum Gasteiger partial charge on any atom is -0.361 e. The fourth-order valence-electron chi connectivity index (χ4n) is 3.75. The summed E-state index contributed by atoms with van der Waals surface area (Å²) in [4.78, 5) is 32.5. The van der Waals surface area contributed by atoms with Crippen molar-refractivity contribution in [1.82, 2.24) is 20.4 Å². The number of carbonyl (C=O) groups excluding carboxylic acids is 2. The summed E-state index contributed by atoms with van der Waals surface area (Å²) in [6.45, 7) is 9.08. The van der Waals surface area contributed by atoms with E-state index in [9.17, 15) is 9.59 Å². The molecule has 4 rings (SSSR count). The molecule has 0 aliphatic carbocycles. The number of rotatable bonds is 6. The molecule has 2 amide bonds. The topological polar surface area (TPSA) is 88.3 Å². The molecule has 7 nitrogen and oxygen atoms in total. The first-order chi connectivity index (χ1) is 15.9. The average molecular weight is 469 g/mol. The molecule has 1 unspecified atom stereocenters. The standard InChI is InChI=1S/C22H24N4O3S.C3H8/c1-14-10-18(29-25-14)11-20(27)26-9-3-4-19(26)22(28)23-12-16-5-7-17(8-6-16)21-15(2)24-13-30-21;1-3-2/h5-8,10,13,19H,3-4,9,11-12H2,1-2H3,(H,23,28);3H2,1-2H3. The molecule has 33 heavy (non-hydrogen) atoms. The van der Waals surface area contributed by atoms with Crippen LogP contribution in [0.5, 0.6) is 0 Å². The molecule has 3 heterocycles. The second-order valence-corrected chi connectivity index (χ2v) is 9.10. The molecule has 0 radical (unpaired) electrons. The number of nitrogens with zero attached hydrogens (tertiary/aromatic N) is 3. The lowest BCUT2D eigenvalue weighted by Crippen LogP contribution is -2.46. The molecular formula is C25H32N4O3S. The van der Waals surface area contributed by atoms with Crippen molar-refractivity contribution >= 4 is 23.2 Å². The quantitative estimate of drug-likeness (QED) is 0.567.